The summed E-state index contributed by atoms with van der Waals surface area (Å²) in [5.74, 6) is 0.596. The summed E-state index contributed by atoms with van der Waals surface area (Å²) >= 11 is 0. The summed E-state index contributed by atoms with van der Waals surface area (Å²) in [6, 6.07) is 9.63. The predicted molar refractivity (Wildman–Crippen MR) is 68.1 cm³/mol. The highest BCUT2D eigenvalue weighted by atomic mass is 16.1. The first-order valence-electron chi connectivity index (χ1n) is 5.53. The van der Waals surface area contributed by atoms with Crippen LogP contribution in [0.4, 0.5) is 0 Å². The van der Waals surface area contributed by atoms with Crippen molar-refractivity contribution in [2.45, 2.75) is 6.92 Å². The summed E-state index contributed by atoms with van der Waals surface area (Å²) in [6.45, 7) is 1.81. The SMILES string of the molecule is Cc1n[nH]c(=O)c2cnc(-c3ccccc3)nc12. The third-order valence-corrected chi connectivity index (χ3v) is 2.73. The fourth-order valence-corrected chi connectivity index (χ4v) is 1.80. The van der Waals surface area contributed by atoms with Gasteiger partial charge >= 0.3 is 0 Å². The van der Waals surface area contributed by atoms with Crippen molar-refractivity contribution in [3.05, 3.63) is 52.6 Å². The van der Waals surface area contributed by atoms with Crippen LogP contribution in [0.15, 0.2) is 41.3 Å². The Kier molecular flexibility index (Phi) is 2.37. The van der Waals surface area contributed by atoms with E-state index in [0.717, 1.165) is 5.56 Å². The molecule has 0 aliphatic heterocycles. The topological polar surface area (TPSA) is 71.5 Å². The quantitative estimate of drug-likeness (QED) is 0.700. The minimum atomic E-state index is -0.268. The van der Waals surface area contributed by atoms with Crippen molar-refractivity contribution in [3.63, 3.8) is 0 Å². The molecule has 0 saturated carbocycles. The lowest BCUT2D eigenvalue weighted by Gasteiger charge is -2.02. The zero-order chi connectivity index (χ0) is 12.5. The summed E-state index contributed by atoms with van der Waals surface area (Å²) in [4.78, 5) is 20.2. The Balaban J connectivity index is 2.30. The van der Waals surface area contributed by atoms with Gasteiger partial charge in [-0.15, -0.1) is 0 Å². The second-order valence-corrected chi connectivity index (χ2v) is 3.96. The van der Waals surface area contributed by atoms with E-state index in [0.29, 0.717) is 22.4 Å². The monoisotopic (exact) mass is 238 g/mol. The molecule has 0 amide bonds. The van der Waals surface area contributed by atoms with Gasteiger partial charge in [-0.1, -0.05) is 30.3 Å². The van der Waals surface area contributed by atoms with Crippen LogP contribution in [0.3, 0.4) is 0 Å². The Morgan fingerprint density at radius 1 is 1.17 bits per heavy atom. The standard InChI is InChI=1S/C13H10N4O/c1-8-11-10(13(18)17-16-8)7-14-12(15-11)9-5-3-2-4-6-9/h2-7H,1H3,(H,17,18). The number of nitrogens with one attached hydrogen (secondary N) is 1. The predicted octanol–water partition coefficient (Wildman–Crippen LogP) is 1.69. The highest BCUT2D eigenvalue weighted by molar-refractivity contribution is 5.80. The maximum Gasteiger partial charge on any atom is 0.275 e. The van der Waals surface area contributed by atoms with Gasteiger partial charge in [0.2, 0.25) is 0 Å². The molecule has 2 aromatic heterocycles. The molecule has 0 atom stereocenters. The summed E-state index contributed by atoms with van der Waals surface area (Å²) in [6.07, 6.45) is 1.54. The van der Waals surface area contributed by atoms with Crippen LogP contribution < -0.4 is 5.56 Å². The molecule has 0 unspecified atom stereocenters. The summed E-state index contributed by atoms with van der Waals surface area (Å²) < 4.78 is 0. The first-order chi connectivity index (χ1) is 8.75. The highest BCUT2D eigenvalue weighted by Gasteiger charge is 2.07. The number of hydrogen-bond donors (Lipinski definition) is 1. The zero-order valence-corrected chi connectivity index (χ0v) is 9.71. The number of aromatic amines is 1. The van der Waals surface area contributed by atoms with Crippen molar-refractivity contribution in [2.75, 3.05) is 0 Å². The molecule has 0 radical (unpaired) electrons. The fraction of sp³-hybridized carbons (Fsp3) is 0.0769. The molecule has 0 fully saturated rings. The van der Waals surface area contributed by atoms with Gasteiger partial charge in [-0.2, -0.15) is 5.10 Å². The van der Waals surface area contributed by atoms with Crippen molar-refractivity contribution in [1.29, 1.82) is 0 Å². The van der Waals surface area contributed by atoms with E-state index >= 15 is 0 Å². The molecule has 5 heteroatoms. The van der Waals surface area contributed by atoms with Crippen molar-refractivity contribution in [2.24, 2.45) is 0 Å². The van der Waals surface area contributed by atoms with E-state index in [1.807, 2.05) is 30.3 Å². The minimum Gasteiger partial charge on any atom is -0.267 e. The fourth-order valence-electron chi connectivity index (χ4n) is 1.80. The van der Waals surface area contributed by atoms with Crippen LogP contribution in [0.5, 0.6) is 0 Å². The number of aromatic nitrogens is 4. The number of nitrogens with zero attached hydrogens (tertiary/aromatic N) is 3. The number of aryl methyl sites for hydroxylation is 1. The zero-order valence-electron chi connectivity index (χ0n) is 9.71. The molecule has 3 aromatic rings. The second kappa shape index (κ2) is 4.03. The molecule has 18 heavy (non-hydrogen) atoms. The third kappa shape index (κ3) is 1.66. The van der Waals surface area contributed by atoms with E-state index in [4.69, 9.17) is 0 Å². The van der Waals surface area contributed by atoms with Crippen molar-refractivity contribution in [3.8, 4) is 11.4 Å². The van der Waals surface area contributed by atoms with E-state index in [1.54, 1.807) is 6.92 Å². The maximum atomic E-state index is 11.6. The molecule has 3 rings (SSSR count). The van der Waals surface area contributed by atoms with Gasteiger partial charge in [-0.3, -0.25) is 4.79 Å². The highest BCUT2D eigenvalue weighted by Crippen LogP contribution is 2.16. The molecule has 5 nitrogen and oxygen atoms in total. The van der Waals surface area contributed by atoms with Crippen LogP contribution in [-0.4, -0.2) is 20.2 Å². The molecule has 2 heterocycles. The number of H-pyrrole nitrogens is 1. The van der Waals surface area contributed by atoms with E-state index in [9.17, 15) is 4.79 Å². The normalized spacial score (nSPS) is 10.7. The average Bonchev–Trinajstić information content (AvgIpc) is 2.44. The van der Waals surface area contributed by atoms with Gasteiger partial charge in [0.25, 0.3) is 5.56 Å². The van der Waals surface area contributed by atoms with Crippen molar-refractivity contribution >= 4 is 10.9 Å². The van der Waals surface area contributed by atoms with E-state index < -0.39 is 0 Å². The third-order valence-electron chi connectivity index (χ3n) is 2.73. The van der Waals surface area contributed by atoms with Gasteiger partial charge in [0.15, 0.2) is 5.82 Å². The van der Waals surface area contributed by atoms with Gasteiger partial charge < -0.3 is 0 Å². The second-order valence-electron chi connectivity index (χ2n) is 3.96. The molecule has 0 saturated heterocycles. The summed E-state index contributed by atoms with van der Waals surface area (Å²) in [7, 11) is 0. The first-order valence-corrected chi connectivity index (χ1v) is 5.53. The number of rotatable bonds is 1. The van der Waals surface area contributed by atoms with Gasteiger partial charge in [0, 0.05) is 11.8 Å². The molecule has 1 aromatic carbocycles. The van der Waals surface area contributed by atoms with Gasteiger partial charge in [0.1, 0.15) is 5.52 Å². The van der Waals surface area contributed by atoms with Crippen LogP contribution in [0.2, 0.25) is 0 Å². The molecule has 0 spiro atoms. The molecule has 1 N–H and O–H groups in total. The lowest BCUT2D eigenvalue weighted by molar-refractivity contribution is 0.959. The lowest BCUT2D eigenvalue weighted by atomic mass is 10.2. The molecule has 88 valence electrons. The summed E-state index contributed by atoms with van der Waals surface area (Å²) in [5, 5.41) is 6.79. The lowest BCUT2D eigenvalue weighted by Crippen LogP contribution is -2.11. The molecule has 0 aliphatic rings. The smallest absolute Gasteiger partial charge is 0.267 e. The van der Waals surface area contributed by atoms with Gasteiger partial charge in [0.05, 0.1) is 11.1 Å². The van der Waals surface area contributed by atoms with Gasteiger partial charge in [-0.25, -0.2) is 15.1 Å². The van der Waals surface area contributed by atoms with Crippen LogP contribution in [0, 0.1) is 6.92 Å². The Labute approximate surface area is 103 Å². The Bertz CT molecular complexity index is 765. The van der Waals surface area contributed by atoms with Crippen molar-refractivity contribution in [1.82, 2.24) is 20.2 Å². The largest absolute Gasteiger partial charge is 0.275 e. The Morgan fingerprint density at radius 2 is 1.94 bits per heavy atom. The van der Waals surface area contributed by atoms with Crippen LogP contribution >= 0.6 is 0 Å². The Hall–Kier alpha value is -2.56. The van der Waals surface area contributed by atoms with Gasteiger partial charge in [-0.05, 0) is 6.92 Å². The van der Waals surface area contributed by atoms with Crippen LogP contribution in [0.25, 0.3) is 22.3 Å². The molecule has 0 bridgehead atoms. The number of fused-ring (bicyclic) bond motifs is 1. The molecular formula is C13H10N4O. The summed E-state index contributed by atoms with van der Waals surface area (Å²) in [5.41, 5.74) is 1.92. The average molecular weight is 238 g/mol. The molecular weight excluding hydrogens is 228 g/mol. The van der Waals surface area contributed by atoms with Crippen LogP contribution in [0.1, 0.15) is 5.69 Å². The number of benzene rings is 1. The van der Waals surface area contributed by atoms with E-state index in [2.05, 4.69) is 20.2 Å². The van der Waals surface area contributed by atoms with Crippen molar-refractivity contribution < 1.29 is 0 Å². The first kappa shape index (κ1) is 10.6. The van der Waals surface area contributed by atoms with Crippen LogP contribution in [-0.2, 0) is 0 Å². The Morgan fingerprint density at radius 3 is 2.72 bits per heavy atom. The minimum absolute atomic E-state index is 0.268. The maximum absolute atomic E-state index is 11.6. The molecule has 0 aliphatic carbocycles. The van der Waals surface area contributed by atoms with E-state index in [1.165, 1.54) is 6.20 Å². The number of hydrogen-bond acceptors (Lipinski definition) is 4. The van der Waals surface area contributed by atoms with E-state index in [-0.39, 0.29) is 5.56 Å².